The van der Waals surface area contributed by atoms with E-state index in [0.29, 0.717) is 6.04 Å². The topological polar surface area (TPSA) is 395 Å². The lowest BCUT2D eigenvalue weighted by Gasteiger charge is -2.44. The first-order valence-corrected chi connectivity index (χ1v) is 30.8. The first-order chi connectivity index (χ1) is 41.1. The van der Waals surface area contributed by atoms with Crippen molar-refractivity contribution in [3.8, 4) is 11.5 Å². The van der Waals surface area contributed by atoms with Crippen LogP contribution < -0.4 is 47.7 Å². The highest BCUT2D eigenvalue weighted by Crippen LogP contribution is 2.40. The summed E-state index contributed by atoms with van der Waals surface area (Å²) in [6.45, 7) is 4.67. The highest BCUT2D eigenvalue weighted by molar-refractivity contribution is 6.00. The van der Waals surface area contributed by atoms with Crippen LogP contribution in [0.15, 0.2) is 42.5 Å². The average molecular weight is 1210 g/mol. The van der Waals surface area contributed by atoms with Crippen LogP contribution in [0.3, 0.4) is 0 Å². The van der Waals surface area contributed by atoms with Crippen molar-refractivity contribution in [2.45, 2.75) is 176 Å². The molecular weight excluding hydrogens is 1110 g/mol. The van der Waals surface area contributed by atoms with Gasteiger partial charge in [0.15, 0.2) is 11.5 Å². The largest absolute Gasteiger partial charge is 0.504 e. The Bertz CT molecular complexity index is 2650. The molecule has 26 heteroatoms. The Labute approximate surface area is 501 Å². The first-order valence-electron chi connectivity index (χ1n) is 30.8. The smallest absolute Gasteiger partial charge is 0.251 e. The van der Waals surface area contributed by atoms with Crippen molar-refractivity contribution in [2.75, 3.05) is 70.4 Å². The number of nitrogens with one attached hydrogen (secondary N) is 5. The van der Waals surface area contributed by atoms with Crippen LogP contribution in [0.4, 0.5) is 5.69 Å². The van der Waals surface area contributed by atoms with Gasteiger partial charge >= 0.3 is 0 Å². The molecule has 0 aromatic heterocycles. The fraction of sp³-hybridized carbons (Fsp3) is 0.683. The third-order valence-corrected chi connectivity index (χ3v) is 18.4. The number of carbonyl (C=O) groups is 7. The number of rotatable bonds is 15. The Morgan fingerprint density at radius 1 is 0.709 bits per heavy atom. The van der Waals surface area contributed by atoms with Crippen molar-refractivity contribution in [1.29, 1.82) is 0 Å². The summed E-state index contributed by atoms with van der Waals surface area (Å²) in [5.74, 6) is -6.62. The van der Waals surface area contributed by atoms with Crippen molar-refractivity contribution < 1.29 is 74.0 Å². The van der Waals surface area contributed by atoms with E-state index in [4.69, 9.17) is 16.2 Å². The number of hydrogen-bond donors (Lipinski definition) is 14. The number of phenols is 1. The summed E-state index contributed by atoms with van der Waals surface area (Å²) in [6, 6.07) is 0.683. The number of nitrogens with two attached hydrogens (primary N) is 2. The Morgan fingerprint density at radius 3 is 2.02 bits per heavy atom. The normalized spacial score (nSPS) is 31.1. The van der Waals surface area contributed by atoms with Gasteiger partial charge in [0.1, 0.15) is 42.9 Å². The van der Waals surface area contributed by atoms with Crippen molar-refractivity contribution in [2.24, 2.45) is 29.2 Å². The minimum atomic E-state index is -2.02. The molecule has 26 nitrogen and oxygen atoms in total. The number of aliphatic hydroxyl groups excluding tert-OH is 6. The molecule has 2 aromatic rings. The molecule has 13 atom stereocenters. The second kappa shape index (κ2) is 30.1. The van der Waals surface area contributed by atoms with E-state index in [1.165, 1.54) is 82.9 Å². The maximum Gasteiger partial charge on any atom is 0.251 e. The van der Waals surface area contributed by atoms with Crippen molar-refractivity contribution in [3.05, 3.63) is 53.6 Å². The summed E-state index contributed by atoms with van der Waals surface area (Å²) in [4.78, 5) is 108. The quantitative estimate of drug-likeness (QED) is 0.0862. The molecule has 4 heterocycles. The summed E-state index contributed by atoms with van der Waals surface area (Å²) in [5, 5.41) is 91.5. The minimum absolute atomic E-state index is 0.00553. The van der Waals surface area contributed by atoms with Gasteiger partial charge in [-0.1, -0.05) is 45.1 Å². The number of fused-ring (bicyclic) bond motifs is 2. The zero-order valence-corrected chi connectivity index (χ0v) is 49.4. The van der Waals surface area contributed by atoms with Crippen molar-refractivity contribution in [3.63, 3.8) is 0 Å². The SMILES string of the molecule is C[C@@H](O)[C@@H]1NC(=O)[C@@H](NC(=O)c2ccc(N3CCN(C4CCC(C5CCCCC5)CC4)CC3)cc2)C[C@@H](O)CNC(=O)[C@@H]2[C@@H](O)[C@@H](C)CN2C(=O)[C@H]([C@H](O)CCN)NC(=O)[C@H]([C@H](O)Cc2ccc(O)c(OCCN)c2)NC(=O)[C@@H]2C[C@@H](O)CN2C1=O. The molecular formula is C60H91N11O15. The molecule has 4 aliphatic heterocycles. The number of benzene rings is 2. The zero-order valence-electron chi connectivity index (χ0n) is 49.4. The highest BCUT2D eigenvalue weighted by Gasteiger charge is 2.50. The molecule has 6 aliphatic rings. The van der Waals surface area contributed by atoms with E-state index in [1.807, 2.05) is 12.1 Å². The lowest BCUT2D eigenvalue weighted by molar-refractivity contribution is -0.147. The molecule has 2 aromatic carbocycles. The summed E-state index contributed by atoms with van der Waals surface area (Å²) >= 11 is 0. The Hall–Kier alpha value is -6.23. The number of ether oxygens (including phenoxy) is 1. The van der Waals surface area contributed by atoms with Gasteiger partial charge in [-0.15, -0.1) is 0 Å². The third-order valence-electron chi connectivity index (χ3n) is 18.4. The number of nitrogens with zero attached hydrogens (tertiary/aromatic N) is 4. The van der Waals surface area contributed by atoms with Crippen LogP contribution in [-0.2, 0) is 35.2 Å². The Morgan fingerprint density at radius 2 is 1.36 bits per heavy atom. The summed E-state index contributed by atoms with van der Waals surface area (Å²) in [6.07, 6.45) is 0.332. The van der Waals surface area contributed by atoms with Gasteiger partial charge in [-0.25, -0.2) is 0 Å². The Balaban J connectivity index is 1.03. The fourth-order valence-electron chi connectivity index (χ4n) is 13.5. The van der Waals surface area contributed by atoms with Crippen LogP contribution in [0.25, 0.3) is 0 Å². The maximum absolute atomic E-state index is 14.7. The molecule has 2 saturated carbocycles. The highest BCUT2D eigenvalue weighted by atomic mass is 16.5. The van der Waals surface area contributed by atoms with Gasteiger partial charge in [-0.05, 0) is 99.4 Å². The standard InChI is InChI=1S/C60H91N11O15/c1-33-31-71-52(53(33)78)58(83)63-30-41(73)28-43(64-54(79)38-11-15-40(16-12-38)69-23-21-68(22-24-69)39-13-9-37(10-14-39)36-6-4-3-5-7-36)55(80)65-49(34(2)72)59(84)70-32-42(74)29-44(70)56(81)66-50(57(82)67-51(60(71)85)46(76)18-19-61)47(77)26-35-8-17-45(75)48(27-35)86-25-20-62/h8,11-12,15-17,27,33-34,36-37,39,41-44,46-47,49-53,72-78H,3-7,9-10,13-14,18-26,28-32,61-62H2,1-2H3,(H,63,83)(H,64,79)(H,65,80)(H,66,81)(H,67,82)/t33-,34+,37?,39?,41+,42+,43-,44-,46+,47+,49-,50-,51-,52-,53-/m0/s1. The number of amides is 7. The maximum atomic E-state index is 14.7. The van der Waals surface area contributed by atoms with E-state index in [9.17, 15) is 69.3 Å². The van der Waals surface area contributed by atoms with E-state index < -0.39 is 152 Å². The van der Waals surface area contributed by atoms with Crippen LogP contribution in [0.1, 0.15) is 107 Å². The zero-order chi connectivity index (χ0) is 61.9. The van der Waals surface area contributed by atoms with Crippen molar-refractivity contribution >= 4 is 47.0 Å². The molecule has 16 N–H and O–H groups in total. The molecule has 4 saturated heterocycles. The monoisotopic (exact) mass is 1210 g/mol. The van der Waals surface area contributed by atoms with Crippen LogP contribution >= 0.6 is 0 Å². The predicted octanol–water partition coefficient (Wildman–Crippen LogP) is -2.71. The number of β-amino-alcohol motifs (C(OH)–C–C–N with tert-alkyl or cyclic N) is 1. The van der Waals surface area contributed by atoms with Crippen LogP contribution in [0, 0.1) is 17.8 Å². The summed E-state index contributed by atoms with van der Waals surface area (Å²) < 4.78 is 5.52. The summed E-state index contributed by atoms with van der Waals surface area (Å²) in [5.41, 5.74) is 12.7. The molecule has 6 fully saturated rings. The lowest BCUT2D eigenvalue weighted by Crippen LogP contribution is -2.64. The van der Waals surface area contributed by atoms with Crippen LogP contribution in [0.2, 0.25) is 0 Å². The molecule has 0 bridgehead atoms. The Kier molecular flexibility index (Phi) is 23.0. The second-order valence-electron chi connectivity index (χ2n) is 24.6. The molecule has 8 rings (SSSR count). The number of aliphatic hydroxyl groups is 6. The van der Waals surface area contributed by atoms with E-state index in [1.54, 1.807) is 19.1 Å². The van der Waals surface area contributed by atoms with E-state index in [2.05, 4.69) is 36.4 Å². The van der Waals surface area contributed by atoms with Crippen LogP contribution in [0.5, 0.6) is 11.5 Å². The molecule has 7 amide bonds. The molecule has 0 radical (unpaired) electrons. The predicted molar refractivity (Wildman–Crippen MR) is 314 cm³/mol. The fourth-order valence-corrected chi connectivity index (χ4v) is 13.5. The average Bonchev–Trinajstić information content (AvgIpc) is 2.00. The number of hydrogen-bond acceptors (Lipinski definition) is 19. The molecule has 476 valence electrons. The van der Waals surface area contributed by atoms with Gasteiger partial charge in [-0.3, -0.25) is 38.5 Å². The van der Waals surface area contributed by atoms with E-state index in [0.717, 1.165) is 53.5 Å². The second-order valence-corrected chi connectivity index (χ2v) is 24.6. The third kappa shape index (κ3) is 16.1. The first kappa shape index (κ1) is 65.7. The molecule has 0 spiro atoms. The number of phenolic OH excluding ortho intramolecular Hbond substituents is 1. The number of piperazine rings is 1. The van der Waals surface area contributed by atoms with Gasteiger partial charge in [0.05, 0.1) is 36.6 Å². The number of anilines is 1. The van der Waals surface area contributed by atoms with Gasteiger partial charge in [-0.2, -0.15) is 0 Å². The van der Waals surface area contributed by atoms with Crippen molar-refractivity contribution in [1.82, 2.24) is 41.3 Å². The minimum Gasteiger partial charge on any atom is -0.504 e. The van der Waals surface area contributed by atoms with E-state index in [-0.39, 0.29) is 55.3 Å². The van der Waals surface area contributed by atoms with E-state index >= 15 is 0 Å². The summed E-state index contributed by atoms with van der Waals surface area (Å²) in [7, 11) is 0. The van der Waals surface area contributed by atoms with Gasteiger partial charge in [0.25, 0.3) is 5.91 Å². The van der Waals surface area contributed by atoms with Gasteiger partial charge < -0.3 is 93.2 Å². The van der Waals surface area contributed by atoms with Crippen LogP contribution in [-0.4, -0.2) is 236 Å². The molecule has 86 heavy (non-hydrogen) atoms. The lowest BCUT2D eigenvalue weighted by atomic mass is 9.72. The number of aromatic hydroxyl groups is 1. The molecule has 2 aliphatic carbocycles. The number of carbonyl (C=O) groups excluding carboxylic acids is 7. The van der Waals surface area contributed by atoms with Gasteiger partial charge in [0, 0.05) is 94.8 Å². The molecule has 0 unspecified atom stereocenters. The van der Waals surface area contributed by atoms with Gasteiger partial charge in [0.2, 0.25) is 35.4 Å².